The number of aromatic amines is 1. The number of rotatable bonds is 8. The number of ether oxygens (including phenoxy) is 2. The van der Waals surface area contributed by atoms with Crippen LogP contribution < -0.4 is 14.4 Å². The summed E-state index contributed by atoms with van der Waals surface area (Å²) in [7, 11) is 0. The van der Waals surface area contributed by atoms with Crippen LogP contribution in [0.5, 0.6) is 17.2 Å². The number of fused-ring (bicyclic) bond motifs is 1. The maximum Gasteiger partial charge on any atom is 0.168 e. The summed E-state index contributed by atoms with van der Waals surface area (Å²) in [6.45, 7) is 4.98. The number of halogens is 3. The van der Waals surface area contributed by atoms with Crippen molar-refractivity contribution in [3.63, 3.8) is 0 Å². The summed E-state index contributed by atoms with van der Waals surface area (Å²) in [5.74, 6) is -2.45. The van der Waals surface area contributed by atoms with Crippen LogP contribution in [-0.2, 0) is 0 Å². The summed E-state index contributed by atoms with van der Waals surface area (Å²) in [6.07, 6.45) is 2.79. The minimum atomic E-state index is -1.26. The molecule has 0 spiro atoms. The lowest BCUT2D eigenvalue weighted by Gasteiger charge is -2.31. The average Bonchev–Trinajstić information content (AvgIpc) is 3.23. The van der Waals surface area contributed by atoms with Crippen LogP contribution in [0.4, 0.5) is 24.7 Å². The van der Waals surface area contributed by atoms with Crippen LogP contribution in [0, 0.1) is 17.5 Å². The number of H-pyrrole nitrogens is 1. The van der Waals surface area contributed by atoms with Crippen molar-refractivity contribution in [3.8, 4) is 17.2 Å². The van der Waals surface area contributed by atoms with Gasteiger partial charge in [-0.1, -0.05) is 0 Å². The minimum Gasteiger partial charge on any atom is -0.491 e. The molecule has 0 aliphatic carbocycles. The average molecular weight is 473 g/mol. The molecular weight excluding hydrogens is 451 g/mol. The van der Waals surface area contributed by atoms with Crippen molar-refractivity contribution in [2.45, 2.75) is 26.4 Å². The minimum absolute atomic E-state index is 0.0166. The lowest BCUT2D eigenvalue weighted by molar-refractivity contribution is 0.0895. The Kier molecular flexibility index (Phi) is 6.29. The van der Waals surface area contributed by atoms with E-state index in [4.69, 9.17) is 9.47 Å². The summed E-state index contributed by atoms with van der Waals surface area (Å²) in [4.78, 5) is 9.86. The van der Waals surface area contributed by atoms with Crippen molar-refractivity contribution in [1.29, 1.82) is 0 Å². The van der Waals surface area contributed by atoms with Gasteiger partial charge in [0.15, 0.2) is 23.0 Å². The van der Waals surface area contributed by atoms with E-state index < -0.39 is 23.1 Å². The second kappa shape index (κ2) is 9.18. The topological polar surface area (TPSA) is 96.4 Å². The molecule has 2 aromatic carbocycles. The summed E-state index contributed by atoms with van der Waals surface area (Å²) >= 11 is 0. The zero-order chi connectivity index (χ0) is 24.5. The molecule has 4 rings (SSSR count). The van der Waals surface area contributed by atoms with Gasteiger partial charge in [-0.2, -0.15) is 5.10 Å². The number of aromatic nitrogens is 4. The highest BCUT2D eigenvalue weighted by molar-refractivity contribution is 5.89. The molecule has 0 aliphatic heterocycles. The fourth-order valence-electron chi connectivity index (χ4n) is 3.44. The van der Waals surface area contributed by atoms with Gasteiger partial charge >= 0.3 is 0 Å². The first-order chi connectivity index (χ1) is 16.2. The molecule has 11 heteroatoms. The molecular formula is C23H22F3N5O3. The Morgan fingerprint density at radius 1 is 1.06 bits per heavy atom. The van der Waals surface area contributed by atoms with Gasteiger partial charge in [0, 0.05) is 18.2 Å². The van der Waals surface area contributed by atoms with Gasteiger partial charge in [-0.3, -0.25) is 5.10 Å². The molecule has 34 heavy (non-hydrogen) atoms. The number of hydrogen-bond donors (Lipinski definition) is 2. The number of nitrogens with one attached hydrogen (secondary N) is 1. The molecule has 0 aliphatic rings. The van der Waals surface area contributed by atoms with Crippen LogP contribution in [0.1, 0.15) is 20.8 Å². The number of aliphatic hydroxyl groups is 1. The lowest BCUT2D eigenvalue weighted by Crippen LogP contribution is -2.37. The molecule has 0 bridgehead atoms. The Balaban J connectivity index is 1.84. The van der Waals surface area contributed by atoms with Gasteiger partial charge in [0.2, 0.25) is 0 Å². The third-order valence-corrected chi connectivity index (χ3v) is 4.72. The van der Waals surface area contributed by atoms with Crippen LogP contribution in [0.25, 0.3) is 11.0 Å². The second-order valence-corrected chi connectivity index (χ2v) is 8.09. The van der Waals surface area contributed by atoms with E-state index in [2.05, 4.69) is 20.2 Å². The van der Waals surface area contributed by atoms with Crippen molar-refractivity contribution < 1.29 is 27.8 Å². The first-order valence-corrected chi connectivity index (χ1v) is 10.4. The van der Waals surface area contributed by atoms with Gasteiger partial charge in [0.25, 0.3) is 0 Å². The van der Waals surface area contributed by atoms with Gasteiger partial charge in [-0.15, -0.1) is 0 Å². The quantitative estimate of drug-likeness (QED) is 0.377. The molecule has 4 aromatic rings. The monoisotopic (exact) mass is 473 g/mol. The molecule has 0 saturated carbocycles. The van der Waals surface area contributed by atoms with Crippen LogP contribution >= 0.6 is 0 Å². The van der Waals surface area contributed by atoms with Gasteiger partial charge in [-0.05, 0) is 32.9 Å². The predicted octanol–water partition coefficient (Wildman–Crippen LogP) is 4.87. The molecule has 2 aromatic heterocycles. The molecule has 0 atom stereocenters. The van der Waals surface area contributed by atoms with E-state index in [9.17, 15) is 13.9 Å². The fourth-order valence-corrected chi connectivity index (χ4v) is 3.44. The van der Waals surface area contributed by atoms with Crippen molar-refractivity contribution in [2.75, 3.05) is 18.1 Å². The van der Waals surface area contributed by atoms with Crippen LogP contribution in [0.3, 0.4) is 0 Å². The van der Waals surface area contributed by atoms with E-state index in [-0.39, 0.29) is 36.1 Å². The molecule has 0 amide bonds. The van der Waals surface area contributed by atoms with Gasteiger partial charge in [-0.25, -0.2) is 23.1 Å². The molecule has 8 nitrogen and oxygen atoms in total. The molecule has 0 radical (unpaired) electrons. The summed E-state index contributed by atoms with van der Waals surface area (Å²) in [5.41, 5.74) is -0.850. The summed E-state index contributed by atoms with van der Waals surface area (Å²) in [5, 5.41) is 17.8. The fraction of sp³-hybridized carbons (Fsp3) is 0.261. The van der Waals surface area contributed by atoms with Gasteiger partial charge < -0.3 is 19.5 Å². The Labute approximate surface area is 193 Å². The Hall–Kier alpha value is -3.86. The van der Waals surface area contributed by atoms with E-state index in [1.165, 1.54) is 23.5 Å². The van der Waals surface area contributed by atoms with Gasteiger partial charge in [0.1, 0.15) is 35.1 Å². The van der Waals surface area contributed by atoms with Crippen molar-refractivity contribution in [2.24, 2.45) is 0 Å². The van der Waals surface area contributed by atoms with Crippen molar-refractivity contribution >= 4 is 22.5 Å². The molecule has 2 heterocycles. The maximum absolute atomic E-state index is 15.6. The maximum atomic E-state index is 15.6. The number of anilines is 2. The molecule has 0 unspecified atom stereocenters. The van der Waals surface area contributed by atoms with E-state index >= 15 is 4.39 Å². The largest absolute Gasteiger partial charge is 0.491 e. The normalized spacial score (nSPS) is 11.6. The van der Waals surface area contributed by atoms with Crippen molar-refractivity contribution in [3.05, 3.63) is 60.3 Å². The molecule has 2 N–H and O–H groups in total. The molecule has 0 fully saturated rings. The second-order valence-electron chi connectivity index (χ2n) is 8.09. The summed E-state index contributed by atoms with van der Waals surface area (Å²) < 4.78 is 54.1. The van der Waals surface area contributed by atoms with Crippen LogP contribution in [-0.4, -0.2) is 44.0 Å². The van der Waals surface area contributed by atoms with E-state index in [0.29, 0.717) is 22.9 Å². The summed E-state index contributed by atoms with van der Waals surface area (Å²) in [6, 6.07) is 5.23. The van der Waals surface area contributed by atoms with E-state index in [0.717, 1.165) is 18.2 Å². The Morgan fingerprint density at radius 2 is 1.85 bits per heavy atom. The lowest BCUT2D eigenvalue weighted by atomic mass is 10.1. The highest BCUT2D eigenvalue weighted by Gasteiger charge is 2.29. The van der Waals surface area contributed by atoms with Crippen molar-refractivity contribution in [1.82, 2.24) is 20.2 Å². The number of benzene rings is 2. The highest BCUT2D eigenvalue weighted by atomic mass is 19.1. The Bertz CT molecular complexity index is 1320. The first-order valence-electron chi connectivity index (χ1n) is 10.4. The van der Waals surface area contributed by atoms with E-state index in [1.807, 2.05) is 0 Å². The first kappa shape index (κ1) is 23.3. The smallest absolute Gasteiger partial charge is 0.168 e. The van der Waals surface area contributed by atoms with Crippen LogP contribution in [0.2, 0.25) is 0 Å². The van der Waals surface area contributed by atoms with Crippen LogP contribution in [0.15, 0.2) is 42.9 Å². The SMILES string of the molecule is CCOc1cc(Oc2ccc(F)cc2F)cc(F)c1N(CC(C)(C)O)c1ncnc2[nH]ncc12. The highest BCUT2D eigenvalue weighted by Crippen LogP contribution is 2.42. The van der Waals surface area contributed by atoms with Gasteiger partial charge in [0.05, 0.1) is 30.3 Å². The Morgan fingerprint density at radius 3 is 2.56 bits per heavy atom. The molecule has 178 valence electrons. The third-order valence-electron chi connectivity index (χ3n) is 4.72. The zero-order valence-electron chi connectivity index (χ0n) is 18.6. The standard InChI is InChI=1S/C23H22F3N5O3/c1-4-33-19-9-14(34-18-6-5-13(24)7-16(18)25)8-17(26)20(19)31(11-23(2,3)32)22-15-10-29-30-21(15)27-12-28-22/h5-10,12,32H,4,11H2,1-3H3,(H,27,28,29,30). The number of nitrogens with zero attached hydrogens (tertiary/aromatic N) is 4. The van der Waals surface area contributed by atoms with E-state index in [1.54, 1.807) is 20.8 Å². The third kappa shape index (κ3) is 4.88. The number of hydrogen-bond acceptors (Lipinski definition) is 7. The zero-order valence-corrected chi connectivity index (χ0v) is 18.6. The predicted molar refractivity (Wildman–Crippen MR) is 119 cm³/mol. The molecule has 0 saturated heterocycles.